The number of carbonyl (C=O) groups is 1. The summed E-state index contributed by atoms with van der Waals surface area (Å²) in [7, 11) is 0. The fourth-order valence-corrected chi connectivity index (χ4v) is 1.63. The van der Waals surface area contributed by atoms with E-state index in [-0.39, 0.29) is 5.91 Å². The van der Waals surface area contributed by atoms with Gasteiger partial charge in [0.25, 0.3) is 0 Å². The molecule has 0 aliphatic carbocycles. The number of unbranched alkanes of at least 4 members (excludes halogenated alkanes) is 1. The van der Waals surface area contributed by atoms with Gasteiger partial charge in [0.2, 0.25) is 5.91 Å². The molecule has 0 saturated carbocycles. The number of nitrogens with one attached hydrogen (secondary N) is 1. The number of aryl methyl sites for hydroxylation is 1. The van der Waals surface area contributed by atoms with E-state index in [1.807, 2.05) is 19.1 Å². The van der Waals surface area contributed by atoms with Crippen LogP contribution >= 0.6 is 15.9 Å². The number of hydrogen-bond acceptors (Lipinski definition) is 2. The van der Waals surface area contributed by atoms with Crippen LogP contribution in [0.1, 0.15) is 30.8 Å². The SMILES string of the molecule is Cc1ccc(CNC(=O)CCCCBr)o1. The zero-order valence-corrected chi connectivity index (χ0v) is 10.5. The Balaban J connectivity index is 2.16. The van der Waals surface area contributed by atoms with Gasteiger partial charge in [-0.3, -0.25) is 4.79 Å². The van der Waals surface area contributed by atoms with E-state index in [0.29, 0.717) is 13.0 Å². The number of hydrogen-bond donors (Lipinski definition) is 1. The quantitative estimate of drug-likeness (QED) is 0.640. The van der Waals surface area contributed by atoms with E-state index in [1.165, 1.54) is 0 Å². The molecule has 1 aromatic rings. The Kier molecular flexibility index (Phi) is 5.47. The molecule has 0 radical (unpaired) electrons. The summed E-state index contributed by atoms with van der Waals surface area (Å²) in [5.41, 5.74) is 0. The third kappa shape index (κ3) is 5.02. The highest BCUT2D eigenvalue weighted by molar-refractivity contribution is 9.09. The largest absolute Gasteiger partial charge is 0.465 e. The van der Waals surface area contributed by atoms with Crippen molar-refractivity contribution in [3.05, 3.63) is 23.7 Å². The molecule has 0 spiro atoms. The summed E-state index contributed by atoms with van der Waals surface area (Å²) >= 11 is 3.33. The average Bonchev–Trinajstić information content (AvgIpc) is 2.62. The topological polar surface area (TPSA) is 42.2 Å². The predicted octanol–water partition coefficient (Wildman–Crippen LogP) is 2.77. The summed E-state index contributed by atoms with van der Waals surface area (Å²) in [4.78, 5) is 11.3. The minimum absolute atomic E-state index is 0.0880. The zero-order chi connectivity index (χ0) is 11.1. The van der Waals surface area contributed by atoms with E-state index in [0.717, 1.165) is 29.7 Å². The highest BCUT2D eigenvalue weighted by Crippen LogP contribution is 2.05. The van der Waals surface area contributed by atoms with E-state index in [9.17, 15) is 4.79 Å². The van der Waals surface area contributed by atoms with Gasteiger partial charge in [0.1, 0.15) is 11.5 Å². The van der Waals surface area contributed by atoms with Crippen molar-refractivity contribution in [3.8, 4) is 0 Å². The molecule has 84 valence electrons. The third-order valence-electron chi connectivity index (χ3n) is 2.04. The van der Waals surface area contributed by atoms with Crippen molar-refractivity contribution in [1.29, 1.82) is 0 Å². The van der Waals surface area contributed by atoms with E-state index in [4.69, 9.17) is 4.42 Å². The minimum atomic E-state index is 0.0880. The maximum Gasteiger partial charge on any atom is 0.220 e. The van der Waals surface area contributed by atoms with Gasteiger partial charge in [-0.15, -0.1) is 0 Å². The monoisotopic (exact) mass is 273 g/mol. The first-order valence-corrected chi connectivity index (χ1v) is 6.22. The number of rotatable bonds is 6. The molecule has 0 bridgehead atoms. The molecule has 1 amide bonds. The van der Waals surface area contributed by atoms with Crippen LogP contribution in [0.2, 0.25) is 0 Å². The Morgan fingerprint density at radius 2 is 2.27 bits per heavy atom. The Morgan fingerprint density at radius 1 is 1.47 bits per heavy atom. The van der Waals surface area contributed by atoms with Crippen LogP contribution in [0.3, 0.4) is 0 Å². The van der Waals surface area contributed by atoms with Crippen LogP contribution in [-0.2, 0) is 11.3 Å². The number of amides is 1. The second-order valence-electron chi connectivity index (χ2n) is 3.44. The van der Waals surface area contributed by atoms with Gasteiger partial charge >= 0.3 is 0 Å². The van der Waals surface area contributed by atoms with Gasteiger partial charge in [-0.2, -0.15) is 0 Å². The van der Waals surface area contributed by atoms with Crippen molar-refractivity contribution in [2.24, 2.45) is 0 Å². The maximum absolute atomic E-state index is 11.3. The molecule has 1 rings (SSSR count). The number of halogens is 1. The van der Waals surface area contributed by atoms with Gasteiger partial charge < -0.3 is 9.73 Å². The number of furan rings is 1. The summed E-state index contributed by atoms with van der Waals surface area (Å²) in [6, 6.07) is 3.78. The lowest BCUT2D eigenvalue weighted by atomic mass is 10.2. The van der Waals surface area contributed by atoms with Crippen molar-refractivity contribution >= 4 is 21.8 Å². The molecule has 1 aromatic heterocycles. The molecule has 3 nitrogen and oxygen atoms in total. The third-order valence-corrected chi connectivity index (χ3v) is 2.60. The highest BCUT2D eigenvalue weighted by Gasteiger charge is 2.02. The molecule has 15 heavy (non-hydrogen) atoms. The molecule has 0 aliphatic heterocycles. The summed E-state index contributed by atoms with van der Waals surface area (Å²) in [5, 5.41) is 3.78. The molecule has 0 unspecified atom stereocenters. The van der Waals surface area contributed by atoms with Gasteiger partial charge in [-0.1, -0.05) is 15.9 Å². The number of carbonyl (C=O) groups excluding carboxylic acids is 1. The van der Waals surface area contributed by atoms with Crippen LogP contribution in [0.4, 0.5) is 0 Å². The lowest BCUT2D eigenvalue weighted by molar-refractivity contribution is -0.121. The Bertz CT molecular complexity index is 309. The molecular formula is C11H16BrNO2. The van der Waals surface area contributed by atoms with E-state index in [1.54, 1.807) is 0 Å². The Morgan fingerprint density at radius 3 is 2.87 bits per heavy atom. The predicted molar refractivity (Wildman–Crippen MR) is 62.9 cm³/mol. The van der Waals surface area contributed by atoms with Crippen molar-refractivity contribution in [1.82, 2.24) is 5.32 Å². The lowest BCUT2D eigenvalue weighted by Gasteiger charge is -2.02. The Labute approximate surface area is 98.4 Å². The molecule has 1 N–H and O–H groups in total. The molecule has 1 heterocycles. The first kappa shape index (κ1) is 12.3. The minimum Gasteiger partial charge on any atom is -0.465 e. The van der Waals surface area contributed by atoms with E-state index >= 15 is 0 Å². The van der Waals surface area contributed by atoms with Crippen molar-refractivity contribution in [2.75, 3.05) is 5.33 Å². The summed E-state index contributed by atoms with van der Waals surface area (Å²) < 4.78 is 5.34. The molecule has 0 saturated heterocycles. The van der Waals surface area contributed by atoms with Crippen LogP contribution < -0.4 is 5.32 Å². The van der Waals surface area contributed by atoms with Gasteiger partial charge in [0, 0.05) is 11.8 Å². The van der Waals surface area contributed by atoms with Gasteiger partial charge in [-0.25, -0.2) is 0 Å². The normalized spacial score (nSPS) is 10.3. The van der Waals surface area contributed by atoms with Crippen molar-refractivity contribution < 1.29 is 9.21 Å². The van der Waals surface area contributed by atoms with Crippen LogP contribution in [0.15, 0.2) is 16.5 Å². The maximum atomic E-state index is 11.3. The summed E-state index contributed by atoms with van der Waals surface area (Å²) in [6.07, 6.45) is 2.55. The summed E-state index contributed by atoms with van der Waals surface area (Å²) in [6.45, 7) is 2.38. The molecular weight excluding hydrogens is 258 g/mol. The van der Waals surface area contributed by atoms with Crippen LogP contribution in [-0.4, -0.2) is 11.2 Å². The molecule has 4 heteroatoms. The molecule has 0 aliphatic rings. The fraction of sp³-hybridized carbons (Fsp3) is 0.545. The van der Waals surface area contributed by atoms with Gasteiger partial charge in [-0.05, 0) is 31.9 Å². The van der Waals surface area contributed by atoms with Crippen LogP contribution in [0, 0.1) is 6.92 Å². The second-order valence-corrected chi connectivity index (χ2v) is 4.23. The van der Waals surface area contributed by atoms with Crippen molar-refractivity contribution in [2.45, 2.75) is 32.7 Å². The Hall–Kier alpha value is -0.770. The highest BCUT2D eigenvalue weighted by atomic mass is 79.9. The molecule has 0 aromatic carbocycles. The molecule has 0 atom stereocenters. The molecule has 0 fully saturated rings. The summed E-state index contributed by atoms with van der Waals surface area (Å²) in [5.74, 6) is 1.77. The van der Waals surface area contributed by atoms with Gasteiger partial charge in [0.05, 0.1) is 6.54 Å². The van der Waals surface area contributed by atoms with Crippen LogP contribution in [0.5, 0.6) is 0 Å². The average molecular weight is 274 g/mol. The van der Waals surface area contributed by atoms with E-state index < -0.39 is 0 Å². The second kappa shape index (κ2) is 6.67. The van der Waals surface area contributed by atoms with Gasteiger partial charge in [0.15, 0.2) is 0 Å². The van der Waals surface area contributed by atoms with E-state index in [2.05, 4.69) is 21.2 Å². The fourth-order valence-electron chi connectivity index (χ4n) is 1.23. The standard InChI is InChI=1S/C11H16BrNO2/c1-9-5-6-10(15-9)8-13-11(14)4-2-3-7-12/h5-6H,2-4,7-8H2,1H3,(H,13,14). The number of alkyl halides is 1. The smallest absolute Gasteiger partial charge is 0.220 e. The first-order chi connectivity index (χ1) is 7.22. The zero-order valence-electron chi connectivity index (χ0n) is 8.88. The van der Waals surface area contributed by atoms with Crippen molar-refractivity contribution in [3.63, 3.8) is 0 Å². The first-order valence-electron chi connectivity index (χ1n) is 5.10. The van der Waals surface area contributed by atoms with Crippen LogP contribution in [0.25, 0.3) is 0 Å². The lowest BCUT2D eigenvalue weighted by Crippen LogP contribution is -2.22.